The van der Waals surface area contributed by atoms with E-state index in [1.165, 1.54) is 10.4 Å². The molecule has 0 aliphatic heterocycles. The zero-order chi connectivity index (χ0) is 17.9. The molecule has 0 radical (unpaired) electrons. The van der Waals surface area contributed by atoms with Crippen LogP contribution in [0.1, 0.15) is 16.0 Å². The molecule has 0 unspecified atom stereocenters. The number of nitrogens with zero attached hydrogens (tertiary/aromatic N) is 1. The molecule has 0 fully saturated rings. The fourth-order valence-electron chi connectivity index (χ4n) is 2.44. The number of rotatable bonds is 7. The third kappa shape index (κ3) is 4.33. The lowest BCUT2D eigenvalue weighted by Gasteiger charge is -2.22. The van der Waals surface area contributed by atoms with E-state index in [1.54, 1.807) is 42.1 Å². The third-order valence-corrected chi connectivity index (χ3v) is 7.09. The lowest BCUT2D eigenvalue weighted by molar-refractivity contribution is 0.408. The molecule has 0 aliphatic carbocycles. The van der Waals surface area contributed by atoms with E-state index in [1.807, 2.05) is 24.4 Å². The Kier molecular flexibility index (Phi) is 5.64. The van der Waals surface area contributed by atoms with Crippen molar-refractivity contribution in [1.29, 1.82) is 0 Å². The molecular formula is C18H18ClNO3S2. The minimum atomic E-state index is -3.66. The smallest absolute Gasteiger partial charge is 0.243 e. The van der Waals surface area contributed by atoms with Crippen molar-refractivity contribution in [3.05, 3.63) is 75.3 Å². The van der Waals surface area contributed by atoms with Crippen molar-refractivity contribution in [2.45, 2.75) is 24.8 Å². The highest BCUT2D eigenvalue weighted by atomic mass is 35.5. The highest BCUT2D eigenvalue weighted by Crippen LogP contribution is 2.24. The first-order chi connectivity index (χ1) is 12.0. The van der Waals surface area contributed by atoms with Crippen molar-refractivity contribution < 1.29 is 12.8 Å². The van der Waals surface area contributed by atoms with E-state index in [4.69, 9.17) is 16.0 Å². The van der Waals surface area contributed by atoms with Gasteiger partial charge in [-0.1, -0.05) is 23.7 Å². The SMILES string of the molecule is Cc1ccc(S(=O)(=O)N(CCc2cccs2)Cc2ccoc2)cc1Cl. The summed E-state index contributed by atoms with van der Waals surface area (Å²) in [5.41, 5.74) is 1.66. The third-order valence-electron chi connectivity index (χ3n) is 3.91. The molecule has 0 amide bonds. The van der Waals surface area contributed by atoms with Crippen LogP contribution in [-0.4, -0.2) is 19.3 Å². The van der Waals surface area contributed by atoms with Gasteiger partial charge in [-0.2, -0.15) is 4.31 Å². The molecule has 132 valence electrons. The van der Waals surface area contributed by atoms with Crippen molar-refractivity contribution in [2.24, 2.45) is 0 Å². The van der Waals surface area contributed by atoms with Gasteiger partial charge < -0.3 is 4.42 Å². The number of hydrogen-bond donors (Lipinski definition) is 0. The maximum absolute atomic E-state index is 13.1. The second-order valence-electron chi connectivity index (χ2n) is 5.71. The first kappa shape index (κ1) is 18.2. The van der Waals surface area contributed by atoms with Crippen molar-refractivity contribution in [3.63, 3.8) is 0 Å². The molecule has 1 aromatic carbocycles. The van der Waals surface area contributed by atoms with Crippen molar-refractivity contribution in [2.75, 3.05) is 6.54 Å². The van der Waals surface area contributed by atoms with Gasteiger partial charge in [0, 0.05) is 28.6 Å². The molecule has 7 heteroatoms. The Morgan fingerprint density at radius 3 is 2.72 bits per heavy atom. The molecule has 0 aliphatic rings. The standard InChI is InChI=1S/C18H18ClNO3S2/c1-14-4-5-17(11-18(14)19)25(21,22)20(12-15-7-9-23-13-15)8-6-16-3-2-10-24-16/h2-5,7,9-11,13H,6,8,12H2,1H3. The maximum Gasteiger partial charge on any atom is 0.243 e. The zero-order valence-electron chi connectivity index (χ0n) is 13.7. The van der Waals surface area contributed by atoms with Crippen LogP contribution in [0, 0.1) is 6.92 Å². The predicted octanol–water partition coefficient (Wildman–Crippen LogP) is 4.74. The second-order valence-corrected chi connectivity index (χ2v) is 9.09. The minimum Gasteiger partial charge on any atom is -0.472 e. The van der Waals surface area contributed by atoms with Gasteiger partial charge in [-0.25, -0.2) is 8.42 Å². The lowest BCUT2D eigenvalue weighted by atomic mass is 10.2. The van der Waals surface area contributed by atoms with Crippen molar-refractivity contribution in [1.82, 2.24) is 4.31 Å². The number of sulfonamides is 1. The van der Waals surface area contributed by atoms with Gasteiger partial charge >= 0.3 is 0 Å². The van der Waals surface area contributed by atoms with Gasteiger partial charge in [-0.05, 0) is 48.6 Å². The molecule has 0 bridgehead atoms. The monoisotopic (exact) mass is 395 g/mol. The Balaban J connectivity index is 1.89. The van der Waals surface area contributed by atoms with Gasteiger partial charge in [0.2, 0.25) is 10.0 Å². The first-order valence-corrected chi connectivity index (χ1v) is 10.5. The summed E-state index contributed by atoms with van der Waals surface area (Å²) >= 11 is 7.75. The van der Waals surface area contributed by atoms with Crippen LogP contribution >= 0.6 is 22.9 Å². The highest BCUT2D eigenvalue weighted by Gasteiger charge is 2.25. The summed E-state index contributed by atoms with van der Waals surface area (Å²) in [5, 5.41) is 2.44. The summed E-state index contributed by atoms with van der Waals surface area (Å²) in [5.74, 6) is 0. The molecule has 0 atom stereocenters. The fraction of sp³-hybridized carbons (Fsp3) is 0.222. The summed E-state index contributed by atoms with van der Waals surface area (Å²) in [6, 6.07) is 10.6. The second kappa shape index (κ2) is 7.74. The van der Waals surface area contributed by atoms with Gasteiger partial charge in [0.25, 0.3) is 0 Å². The van der Waals surface area contributed by atoms with E-state index in [2.05, 4.69) is 0 Å². The molecule has 25 heavy (non-hydrogen) atoms. The molecule has 0 saturated heterocycles. The van der Waals surface area contributed by atoms with Gasteiger partial charge in [-0.15, -0.1) is 11.3 Å². The Bertz CT molecular complexity index is 919. The van der Waals surface area contributed by atoms with E-state index in [0.717, 1.165) is 16.0 Å². The summed E-state index contributed by atoms with van der Waals surface area (Å²) < 4.78 is 32.8. The zero-order valence-corrected chi connectivity index (χ0v) is 16.1. The highest BCUT2D eigenvalue weighted by molar-refractivity contribution is 7.89. The van der Waals surface area contributed by atoms with Gasteiger partial charge in [-0.3, -0.25) is 0 Å². The quantitative estimate of drug-likeness (QED) is 0.580. The minimum absolute atomic E-state index is 0.206. The fourth-order valence-corrected chi connectivity index (χ4v) is 4.84. The number of aryl methyl sites for hydroxylation is 1. The molecule has 4 nitrogen and oxygen atoms in total. The Morgan fingerprint density at radius 2 is 2.08 bits per heavy atom. The summed E-state index contributed by atoms with van der Waals surface area (Å²) in [6.45, 7) is 2.49. The van der Waals surface area contributed by atoms with Gasteiger partial charge in [0.15, 0.2) is 0 Å². The summed E-state index contributed by atoms with van der Waals surface area (Å²) in [6.07, 6.45) is 3.77. The van der Waals surface area contributed by atoms with E-state index in [-0.39, 0.29) is 11.4 Å². The lowest BCUT2D eigenvalue weighted by Crippen LogP contribution is -2.32. The van der Waals surface area contributed by atoms with Crippen LogP contribution in [0.15, 0.2) is 63.6 Å². The normalized spacial score (nSPS) is 12.0. The number of halogens is 1. The molecular weight excluding hydrogens is 378 g/mol. The van der Waals surface area contributed by atoms with Crippen LogP contribution in [0.25, 0.3) is 0 Å². The molecule has 3 aromatic rings. The predicted molar refractivity (Wildman–Crippen MR) is 101 cm³/mol. The molecule has 0 N–H and O–H groups in total. The van der Waals surface area contributed by atoms with E-state index in [9.17, 15) is 8.42 Å². The number of hydrogen-bond acceptors (Lipinski definition) is 4. The number of furan rings is 1. The Morgan fingerprint density at radius 1 is 1.24 bits per heavy atom. The molecule has 2 heterocycles. The van der Waals surface area contributed by atoms with Crippen LogP contribution in [0.4, 0.5) is 0 Å². The van der Waals surface area contributed by atoms with E-state index >= 15 is 0 Å². The molecule has 0 spiro atoms. The molecule has 2 aromatic heterocycles. The van der Waals surface area contributed by atoms with Crippen LogP contribution in [0.2, 0.25) is 5.02 Å². The maximum atomic E-state index is 13.1. The van der Waals surface area contributed by atoms with Crippen molar-refractivity contribution in [3.8, 4) is 0 Å². The Hall–Kier alpha value is -1.60. The largest absolute Gasteiger partial charge is 0.472 e. The van der Waals surface area contributed by atoms with Gasteiger partial charge in [0.05, 0.1) is 17.4 Å². The number of benzene rings is 1. The van der Waals surface area contributed by atoms with Gasteiger partial charge in [0.1, 0.15) is 0 Å². The van der Waals surface area contributed by atoms with Crippen molar-refractivity contribution >= 4 is 33.0 Å². The number of thiophene rings is 1. The molecule has 3 rings (SSSR count). The average molecular weight is 396 g/mol. The summed E-state index contributed by atoms with van der Waals surface area (Å²) in [7, 11) is -3.66. The van der Waals surface area contributed by atoms with Crippen LogP contribution in [-0.2, 0) is 23.0 Å². The van der Waals surface area contributed by atoms with Crippen LogP contribution < -0.4 is 0 Å². The van der Waals surface area contributed by atoms with E-state index < -0.39 is 10.0 Å². The first-order valence-electron chi connectivity index (χ1n) is 7.76. The van der Waals surface area contributed by atoms with E-state index in [0.29, 0.717) is 18.0 Å². The Labute approximate surface area is 156 Å². The average Bonchev–Trinajstić information content (AvgIpc) is 3.27. The molecule has 0 saturated carbocycles. The van der Waals surface area contributed by atoms with Crippen LogP contribution in [0.3, 0.4) is 0 Å². The van der Waals surface area contributed by atoms with Crippen LogP contribution in [0.5, 0.6) is 0 Å². The topological polar surface area (TPSA) is 50.5 Å². The summed E-state index contributed by atoms with van der Waals surface area (Å²) in [4.78, 5) is 1.35.